The molecule has 0 radical (unpaired) electrons. The van der Waals surface area contributed by atoms with Crippen LogP contribution in [0.3, 0.4) is 0 Å². The van der Waals surface area contributed by atoms with Gasteiger partial charge in [-0.1, -0.05) is 0 Å². The van der Waals surface area contributed by atoms with Gasteiger partial charge in [0.25, 0.3) is 10.1 Å². The molecule has 0 saturated heterocycles. The summed E-state index contributed by atoms with van der Waals surface area (Å²) in [6, 6.07) is 0. The molecule has 0 saturated carbocycles. The van der Waals surface area contributed by atoms with E-state index in [2.05, 4.69) is 0 Å². The first kappa shape index (κ1) is 14.4. The fourth-order valence-corrected chi connectivity index (χ4v) is 2.31. The van der Waals surface area contributed by atoms with Crippen molar-refractivity contribution in [2.24, 2.45) is 0 Å². The summed E-state index contributed by atoms with van der Waals surface area (Å²) < 4.78 is 48.6. The molecule has 0 aliphatic carbocycles. The van der Waals surface area contributed by atoms with E-state index in [0.717, 1.165) is 6.26 Å². The third kappa shape index (κ3) is 13.8. The molecule has 1 N–H and O–H groups in total. The van der Waals surface area contributed by atoms with Gasteiger partial charge in [0.05, 0.1) is 11.5 Å². The van der Waals surface area contributed by atoms with Crippen molar-refractivity contribution < 1.29 is 21.4 Å². The Bertz CT molecular complexity index is 256. The van der Waals surface area contributed by atoms with Crippen molar-refractivity contribution in [3.05, 3.63) is 0 Å². The zero-order valence-electron chi connectivity index (χ0n) is 5.31. The summed E-state index contributed by atoms with van der Waals surface area (Å²) in [7, 11) is -7.43. The van der Waals surface area contributed by atoms with Gasteiger partial charge in [0.1, 0.15) is 9.84 Å². The van der Waals surface area contributed by atoms with E-state index >= 15 is 0 Å². The van der Waals surface area contributed by atoms with Crippen molar-refractivity contribution in [3.63, 3.8) is 0 Å². The van der Waals surface area contributed by atoms with Gasteiger partial charge in [0.15, 0.2) is 0 Å². The predicted molar refractivity (Wildman–Crippen MR) is 43.3 cm³/mol. The Labute approximate surface area is 88.1 Å². The van der Waals surface area contributed by atoms with Gasteiger partial charge in [-0.05, 0) is 0 Å². The first-order valence-corrected chi connectivity index (χ1v) is 6.00. The quantitative estimate of drug-likeness (QED) is 0.443. The summed E-state index contributed by atoms with van der Waals surface area (Å²) in [6.07, 6.45) is 0.901. The normalized spacial score (nSPS) is 12.2. The number of sulfone groups is 1. The van der Waals surface area contributed by atoms with Crippen LogP contribution in [0.5, 0.6) is 0 Å². The van der Waals surface area contributed by atoms with Gasteiger partial charge >= 0.3 is 29.6 Å². The molecular weight excluding hydrogens is 203 g/mol. The third-order valence-electron chi connectivity index (χ3n) is 0.712. The molecule has 0 atom stereocenters. The van der Waals surface area contributed by atoms with Crippen molar-refractivity contribution in [2.45, 2.75) is 0 Å². The van der Waals surface area contributed by atoms with Crippen molar-refractivity contribution in [1.82, 2.24) is 0 Å². The number of hydrogen-bond donors (Lipinski definition) is 1. The molecule has 0 amide bonds. The van der Waals surface area contributed by atoms with Gasteiger partial charge < -0.3 is 0 Å². The van der Waals surface area contributed by atoms with Gasteiger partial charge in [-0.15, -0.1) is 0 Å². The van der Waals surface area contributed by atoms with Crippen LogP contribution in [0.25, 0.3) is 0 Å². The molecule has 0 aromatic heterocycles. The first-order chi connectivity index (χ1) is 4.21. The second-order valence-electron chi connectivity index (χ2n) is 1.92. The Morgan fingerprint density at radius 3 is 1.55 bits per heavy atom. The van der Waals surface area contributed by atoms with E-state index < -0.39 is 31.5 Å². The van der Waals surface area contributed by atoms with Crippen LogP contribution in [-0.4, -0.2) is 68.7 Å². The van der Waals surface area contributed by atoms with Crippen LogP contribution in [0, 0.1) is 0 Å². The summed E-state index contributed by atoms with van der Waals surface area (Å²) in [4.78, 5) is 0. The predicted octanol–water partition coefficient (Wildman–Crippen LogP) is -1.73. The van der Waals surface area contributed by atoms with Gasteiger partial charge in [-0.25, -0.2) is 8.42 Å². The number of hydrogen-bond acceptors (Lipinski definition) is 4. The Kier molecular flexibility index (Phi) is 6.25. The van der Waals surface area contributed by atoms with Crippen LogP contribution in [0.15, 0.2) is 0 Å². The minimum absolute atomic E-state index is 0. The summed E-state index contributed by atoms with van der Waals surface area (Å²) >= 11 is 0. The van der Waals surface area contributed by atoms with E-state index in [1.807, 2.05) is 0 Å². The fraction of sp³-hybridized carbons (Fsp3) is 1.00. The molecule has 0 aromatic carbocycles. The zero-order chi connectivity index (χ0) is 8.41. The SMILES string of the molecule is CS(=O)(=O)CCS(=O)(=O)O.[NaH]. The first-order valence-electron chi connectivity index (χ1n) is 2.33. The second-order valence-corrected chi connectivity index (χ2v) is 5.75. The molecule has 0 aliphatic rings. The Morgan fingerprint density at radius 1 is 1.09 bits per heavy atom. The van der Waals surface area contributed by atoms with Gasteiger partial charge in [0.2, 0.25) is 0 Å². The van der Waals surface area contributed by atoms with Crippen LogP contribution < -0.4 is 0 Å². The van der Waals surface area contributed by atoms with E-state index in [4.69, 9.17) is 4.55 Å². The second kappa shape index (κ2) is 4.78. The molecule has 5 nitrogen and oxygen atoms in total. The Hall–Kier alpha value is 0.860. The molecular formula is C3H9NaO5S2. The molecule has 0 bridgehead atoms. The maximum absolute atomic E-state index is 10.3. The van der Waals surface area contributed by atoms with Crippen LogP contribution in [0.4, 0.5) is 0 Å². The standard InChI is InChI=1S/C3H8O5S2.Na.H/c1-9(4,5)2-3-10(6,7)8;;/h2-3H2,1H3,(H,6,7,8);;. The van der Waals surface area contributed by atoms with Crippen LogP contribution in [0.1, 0.15) is 0 Å². The van der Waals surface area contributed by atoms with Crippen LogP contribution >= 0.6 is 0 Å². The topological polar surface area (TPSA) is 88.5 Å². The van der Waals surface area contributed by atoms with Gasteiger partial charge in [-0.2, -0.15) is 8.42 Å². The van der Waals surface area contributed by atoms with E-state index in [1.54, 1.807) is 0 Å². The molecule has 8 heteroatoms. The van der Waals surface area contributed by atoms with E-state index in [-0.39, 0.29) is 29.6 Å². The molecule has 0 unspecified atom stereocenters. The molecule has 0 spiro atoms. The molecule has 0 rings (SSSR count). The van der Waals surface area contributed by atoms with Crippen molar-refractivity contribution >= 4 is 49.5 Å². The van der Waals surface area contributed by atoms with Crippen LogP contribution in [0.2, 0.25) is 0 Å². The van der Waals surface area contributed by atoms with Crippen LogP contribution in [-0.2, 0) is 20.0 Å². The van der Waals surface area contributed by atoms with Crippen molar-refractivity contribution in [1.29, 1.82) is 0 Å². The van der Waals surface area contributed by atoms with Crippen molar-refractivity contribution in [2.75, 3.05) is 17.8 Å². The monoisotopic (exact) mass is 212 g/mol. The summed E-state index contributed by atoms with van der Waals surface area (Å²) in [6.45, 7) is 0. The average molecular weight is 212 g/mol. The third-order valence-corrected chi connectivity index (χ3v) is 2.64. The molecule has 64 valence electrons. The minimum atomic E-state index is -4.14. The zero-order valence-corrected chi connectivity index (χ0v) is 6.94. The summed E-state index contributed by atoms with van der Waals surface area (Å²) in [5, 5.41) is 0. The Balaban J connectivity index is 0. The summed E-state index contributed by atoms with van der Waals surface area (Å²) in [5.74, 6) is -1.27. The van der Waals surface area contributed by atoms with Gasteiger partial charge in [0, 0.05) is 6.26 Å². The molecule has 11 heavy (non-hydrogen) atoms. The molecule has 0 aromatic rings. The van der Waals surface area contributed by atoms with E-state index in [1.165, 1.54) is 0 Å². The fourth-order valence-electron chi connectivity index (χ4n) is 0.257. The maximum atomic E-state index is 10.3. The van der Waals surface area contributed by atoms with Crippen molar-refractivity contribution in [3.8, 4) is 0 Å². The van der Waals surface area contributed by atoms with E-state index in [9.17, 15) is 16.8 Å². The summed E-state index contributed by atoms with van der Waals surface area (Å²) in [5.41, 5.74) is 0. The van der Waals surface area contributed by atoms with E-state index in [0.29, 0.717) is 0 Å². The molecule has 0 heterocycles. The van der Waals surface area contributed by atoms with Gasteiger partial charge in [-0.3, -0.25) is 4.55 Å². The Morgan fingerprint density at radius 2 is 1.45 bits per heavy atom. The molecule has 0 fully saturated rings. The molecule has 0 aliphatic heterocycles. The average Bonchev–Trinajstić information content (AvgIpc) is 1.57. The number of rotatable bonds is 3.